The topological polar surface area (TPSA) is 26.0 Å². The van der Waals surface area contributed by atoms with E-state index in [1.807, 2.05) is 0 Å². The van der Waals surface area contributed by atoms with Gasteiger partial charge in [0.2, 0.25) is 0 Å². The molecule has 0 aromatic heterocycles. The number of hydrogen-bond donors (Lipinski definition) is 1. The standard InChI is InChI=1S/C14H11F4N/c15-12-6-2-4-10(8-19)13(12)9-3-1-5-11(7-9)14(16,17)18/h1-7H,8,19H2. The fourth-order valence-electron chi connectivity index (χ4n) is 1.91. The molecule has 0 aliphatic rings. The van der Waals surface area contributed by atoms with Crippen LogP contribution in [0.3, 0.4) is 0 Å². The van der Waals surface area contributed by atoms with Crippen molar-refractivity contribution in [1.82, 2.24) is 0 Å². The predicted molar refractivity (Wildman–Crippen MR) is 64.7 cm³/mol. The van der Waals surface area contributed by atoms with Crippen molar-refractivity contribution in [2.45, 2.75) is 12.7 Å². The van der Waals surface area contributed by atoms with Gasteiger partial charge in [0.15, 0.2) is 0 Å². The number of nitrogens with two attached hydrogens (primary N) is 1. The van der Waals surface area contributed by atoms with Gasteiger partial charge in [-0.25, -0.2) is 4.39 Å². The van der Waals surface area contributed by atoms with E-state index in [4.69, 9.17) is 5.73 Å². The molecule has 100 valence electrons. The third-order valence-corrected chi connectivity index (χ3v) is 2.80. The Morgan fingerprint density at radius 2 is 1.68 bits per heavy atom. The highest BCUT2D eigenvalue weighted by Crippen LogP contribution is 2.34. The smallest absolute Gasteiger partial charge is 0.326 e. The fourth-order valence-corrected chi connectivity index (χ4v) is 1.91. The predicted octanol–water partition coefficient (Wildman–Crippen LogP) is 3.97. The molecular formula is C14H11F4N. The summed E-state index contributed by atoms with van der Waals surface area (Å²) in [5, 5.41) is 0. The molecule has 2 aromatic carbocycles. The van der Waals surface area contributed by atoms with Gasteiger partial charge in [0.1, 0.15) is 5.82 Å². The summed E-state index contributed by atoms with van der Waals surface area (Å²) in [5.41, 5.74) is 5.45. The zero-order chi connectivity index (χ0) is 14.0. The molecule has 5 heteroatoms. The van der Waals surface area contributed by atoms with Crippen molar-refractivity contribution in [3.8, 4) is 11.1 Å². The molecule has 0 fully saturated rings. The molecule has 0 radical (unpaired) electrons. The molecule has 2 aromatic rings. The van der Waals surface area contributed by atoms with Crippen LogP contribution in [0.2, 0.25) is 0 Å². The van der Waals surface area contributed by atoms with Crippen molar-refractivity contribution < 1.29 is 17.6 Å². The van der Waals surface area contributed by atoms with E-state index in [1.54, 1.807) is 6.07 Å². The maximum absolute atomic E-state index is 13.8. The van der Waals surface area contributed by atoms with Crippen LogP contribution in [0.15, 0.2) is 42.5 Å². The van der Waals surface area contributed by atoms with Crippen molar-refractivity contribution >= 4 is 0 Å². The lowest BCUT2D eigenvalue weighted by Gasteiger charge is -2.12. The average Bonchev–Trinajstić information content (AvgIpc) is 2.37. The molecule has 0 saturated heterocycles. The van der Waals surface area contributed by atoms with Crippen molar-refractivity contribution in [3.63, 3.8) is 0 Å². The van der Waals surface area contributed by atoms with Gasteiger partial charge in [-0.1, -0.05) is 24.3 Å². The summed E-state index contributed by atoms with van der Waals surface area (Å²) in [6.07, 6.45) is -4.45. The molecule has 2 rings (SSSR count). The number of hydrogen-bond acceptors (Lipinski definition) is 1. The molecule has 1 nitrogen and oxygen atoms in total. The normalized spacial score (nSPS) is 11.6. The van der Waals surface area contributed by atoms with Gasteiger partial charge < -0.3 is 5.73 Å². The van der Waals surface area contributed by atoms with Gasteiger partial charge in [0.05, 0.1) is 5.56 Å². The van der Waals surface area contributed by atoms with Crippen LogP contribution in [0.5, 0.6) is 0 Å². The van der Waals surface area contributed by atoms with Crippen LogP contribution >= 0.6 is 0 Å². The highest BCUT2D eigenvalue weighted by Gasteiger charge is 2.30. The van der Waals surface area contributed by atoms with Crippen molar-refractivity contribution in [2.24, 2.45) is 5.73 Å². The lowest BCUT2D eigenvalue weighted by atomic mass is 9.97. The first kappa shape index (κ1) is 13.5. The van der Waals surface area contributed by atoms with Crippen LogP contribution < -0.4 is 5.73 Å². The quantitative estimate of drug-likeness (QED) is 0.820. The minimum absolute atomic E-state index is 0.0589. The Labute approximate surface area is 107 Å². The minimum Gasteiger partial charge on any atom is -0.326 e. The van der Waals surface area contributed by atoms with Crippen molar-refractivity contribution in [1.29, 1.82) is 0 Å². The summed E-state index contributed by atoms with van der Waals surface area (Å²) < 4.78 is 51.8. The Morgan fingerprint density at radius 1 is 1.00 bits per heavy atom. The number of rotatable bonds is 2. The van der Waals surface area contributed by atoms with Crippen molar-refractivity contribution in [3.05, 3.63) is 59.4 Å². The second kappa shape index (κ2) is 5.01. The summed E-state index contributed by atoms with van der Waals surface area (Å²) in [4.78, 5) is 0. The van der Waals surface area contributed by atoms with Crippen LogP contribution in [-0.2, 0) is 12.7 Å². The SMILES string of the molecule is NCc1cccc(F)c1-c1cccc(C(F)(F)F)c1. The first-order chi connectivity index (χ1) is 8.93. The largest absolute Gasteiger partial charge is 0.416 e. The summed E-state index contributed by atoms with van der Waals surface area (Å²) in [6.45, 7) is 0.0589. The van der Waals surface area contributed by atoms with E-state index in [9.17, 15) is 17.6 Å². The molecule has 0 aliphatic carbocycles. The Balaban J connectivity index is 2.60. The Kier molecular flexibility index (Phi) is 3.57. The maximum atomic E-state index is 13.8. The van der Waals surface area contributed by atoms with E-state index < -0.39 is 17.6 Å². The minimum atomic E-state index is -4.45. The molecular weight excluding hydrogens is 258 g/mol. The van der Waals surface area contributed by atoms with Gasteiger partial charge in [0.25, 0.3) is 0 Å². The Hall–Kier alpha value is -1.88. The molecule has 19 heavy (non-hydrogen) atoms. The van der Waals surface area contributed by atoms with Crippen LogP contribution in [0.4, 0.5) is 17.6 Å². The summed E-state index contributed by atoms with van der Waals surface area (Å²) in [6, 6.07) is 8.85. The van der Waals surface area contributed by atoms with E-state index >= 15 is 0 Å². The molecule has 0 aliphatic heterocycles. The van der Waals surface area contributed by atoms with Gasteiger partial charge in [-0.3, -0.25) is 0 Å². The third-order valence-electron chi connectivity index (χ3n) is 2.80. The summed E-state index contributed by atoms with van der Waals surface area (Å²) in [5.74, 6) is -0.581. The molecule has 0 unspecified atom stereocenters. The van der Waals surface area contributed by atoms with E-state index in [0.717, 1.165) is 12.1 Å². The van der Waals surface area contributed by atoms with Gasteiger partial charge >= 0.3 is 6.18 Å². The first-order valence-corrected chi connectivity index (χ1v) is 5.58. The molecule has 2 N–H and O–H groups in total. The van der Waals surface area contributed by atoms with Gasteiger partial charge in [0, 0.05) is 12.1 Å². The fraction of sp³-hybridized carbons (Fsp3) is 0.143. The highest BCUT2D eigenvalue weighted by molar-refractivity contribution is 5.68. The van der Waals surface area contributed by atoms with E-state index in [-0.39, 0.29) is 17.7 Å². The molecule has 0 heterocycles. The molecule has 0 saturated carbocycles. The molecule has 0 atom stereocenters. The third kappa shape index (κ3) is 2.76. The first-order valence-electron chi connectivity index (χ1n) is 5.58. The zero-order valence-electron chi connectivity index (χ0n) is 9.84. The number of halogens is 4. The van der Waals surface area contributed by atoms with Crippen molar-refractivity contribution in [2.75, 3.05) is 0 Å². The summed E-state index contributed by atoms with van der Waals surface area (Å²) in [7, 11) is 0. The van der Waals surface area contributed by atoms with Crippen LogP contribution in [-0.4, -0.2) is 0 Å². The highest BCUT2D eigenvalue weighted by atomic mass is 19.4. The lowest BCUT2D eigenvalue weighted by molar-refractivity contribution is -0.137. The van der Waals surface area contributed by atoms with Crippen LogP contribution in [0, 0.1) is 5.82 Å². The number of benzene rings is 2. The van der Waals surface area contributed by atoms with Gasteiger partial charge in [-0.15, -0.1) is 0 Å². The maximum Gasteiger partial charge on any atom is 0.416 e. The molecule has 0 amide bonds. The summed E-state index contributed by atoms with van der Waals surface area (Å²) >= 11 is 0. The molecule has 0 bridgehead atoms. The average molecular weight is 269 g/mol. The Bertz CT molecular complexity index is 590. The monoisotopic (exact) mass is 269 g/mol. The zero-order valence-corrected chi connectivity index (χ0v) is 9.84. The van der Waals surface area contributed by atoms with E-state index in [2.05, 4.69) is 0 Å². The molecule has 0 spiro atoms. The van der Waals surface area contributed by atoms with E-state index in [1.165, 1.54) is 24.3 Å². The van der Waals surface area contributed by atoms with Gasteiger partial charge in [-0.05, 0) is 29.3 Å². The van der Waals surface area contributed by atoms with Crippen LogP contribution in [0.25, 0.3) is 11.1 Å². The second-order valence-corrected chi connectivity index (χ2v) is 4.06. The second-order valence-electron chi connectivity index (χ2n) is 4.06. The van der Waals surface area contributed by atoms with E-state index in [0.29, 0.717) is 5.56 Å². The lowest BCUT2D eigenvalue weighted by Crippen LogP contribution is -2.05. The van der Waals surface area contributed by atoms with Gasteiger partial charge in [-0.2, -0.15) is 13.2 Å². The Morgan fingerprint density at radius 3 is 2.32 bits per heavy atom. The van der Waals surface area contributed by atoms with Crippen LogP contribution in [0.1, 0.15) is 11.1 Å². The number of alkyl halides is 3.